The van der Waals surface area contributed by atoms with Crippen LogP contribution in [0.4, 0.5) is 4.39 Å². The van der Waals surface area contributed by atoms with Crippen LogP contribution in [0.1, 0.15) is 54.9 Å². The van der Waals surface area contributed by atoms with Gasteiger partial charge in [0.1, 0.15) is 18.2 Å². The molecule has 6 nitrogen and oxygen atoms in total. The lowest BCUT2D eigenvalue weighted by Gasteiger charge is -2.42. The molecule has 2 aliphatic rings. The van der Waals surface area contributed by atoms with Crippen LogP contribution >= 0.6 is 0 Å². The highest BCUT2D eigenvalue weighted by Gasteiger charge is 2.42. The van der Waals surface area contributed by atoms with Gasteiger partial charge in [-0.2, -0.15) is 0 Å². The van der Waals surface area contributed by atoms with Crippen molar-refractivity contribution in [3.63, 3.8) is 0 Å². The molecule has 0 N–H and O–H groups in total. The van der Waals surface area contributed by atoms with E-state index in [0.717, 1.165) is 38.6 Å². The molecule has 4 rings (SSSR count). The molecule has 2 aliphatic heterocycles. The quantitative estimate of drug-likeness (QED) is 0.640. The van der Waals surface area contributed by atoms with E-state index in [1.165, 1.54) is 6.07 Å². The number of halogens is 1. The second-order valence-corrected chi connectivity index (χ2v) is 9.84. The number of nitrogens with zero attached hydrogens (tertiary/aromatic N) is 3. The first-order chi connectivity index (χ1) is 16.9. The van der Waals surface area contributed by atoms with Crippen molar-refractivity contribution >= 4 is 11.8 Å². The summed E-state index contributed by atoms with van der Waals surface area (Å²) < 4.78 is 20.4. The molecule has 7 heteroatoms. The Hall–Kier alpha value is -2.93. The van der Waals surface area contributed by atoms with Gasteiger partial charge in [0.2, 0.25) is 5.91 Å². The second-order valence-electron chi connectivity index (χ2n) is 9.84. The average molecular weight is 482 g/mol. The lowest BCUT2D eigenvalue weighted by atomic mass is 9.88. The van der Waals surface area contributed by atoms with E-state index in [-0.39, 0.29) is 23.2 Å². The van der Waals surface area contributed by atoms with Crippen LogP contribution in [0.5, 0.6) is 5.75 Å². The summed E-state index contributed by atoms with van der Waals surface area (Å²) in [7, 11) is 1.85. The lowest BCUT2D eigenvalue weighted by Crippen LogP contribution is -2.52. The summed E-state index contributed by atoms with van der Waals surface area (Å²) in [5.41, 5.74) is 1.03. The van der Waals surface area contributed by atoms with Crippen LogP contribution in [0.15, 0.2) is 48.5 Å². The van der Waals surface area contributed by atoms with Gasteiger partial charge in [-0.15, -0.1) is 0 Å². The molecule has 35 heavy (non-hydrogen) atoms. The number of benzene rings is 2. The first-order valence-electron chi connectivity index (χ1n) is 12.6. The fourth-order valence-electron chi connectivity index (χ4n) is 5.52. The van der Waals surface area contributed by atoms with Crippen LogP contribution in [0, 0.1) is 5.82 Å². The maximum atomic E-state index is 14.5. The Morgan fingerprint density at radius 1 is 1.03 bits per heavy atom. The van der Waals surface area contributed by atoms with Crippen LogP contribution < -0.4 is 4.74 Å². The Balaban J connectivity index is 1.62. The van der Waals surface area contributed by atoms with Gasteiger partial charge in [0, 0.05) is 50.3 Å². The van der Waals surface area contributed by atoms with Crippen LogP contribution in [0.2, 0.25) is 0 Å². The molecule has 2 amide bonds. The zero-order chi connectivity index (χ0) is 24.8. The van der Waals surface area contributed by atoms with Gasteiger partial charge in [0.25, 0.3) is 5.91 Å². The van der Waals surface area contributed by atoms with E-state index in [9.17, 15) is 14.0 Å². The Labute approximate surface area is 207 Å². The predicted molar refractivity (Wildman–Crippen MR) is 134 cm³/mol. The molecule has 1 spiro atoms. The van der Waals surface area contributed by atoms with E-state index in [2.05, 4.69) is 4.90 Å². The van der Waals surface area contributed by atoms with Gasteiger partial charge >= 0.3 is 0 Å². The van der Waals surface area contributed by atoms with E-state index in [1.807, 2.05) is 42.3 Å². The zero-order valence-electron chi connectivity index (χ0n) is 20.8. The highest BCUT2D eigenvalue weighted by Crippen LogP contribution is 2.37. The SMILES string of the molecule is CC(=O)N1CCCC[C@@]2(CCCN2Cc2ccccc2F)CN(C)C(=O)c2cccc(c2)OCC1. The topological polar surface area (TPSA) is 53.1 Å². The summed E-state index contributed by atoms with van der Waals surface area (Å²) in [5, 5.41) is 0. The minimum Gasteiger partial charge on any atom is -0.492 e. The van der Waals surface area contributed by atoms with Crippen molar-refractivity contribution in [2.24, 2.45) is 0 Å². The first-order valence-corrected chi connectivity index (χ1v) is 12.6. The molecular weight excluding hydrogens is 445 g/mol. The number of likely N-dealkylation sites (tertiary alicyclic amines) is 1. The summed E-state index contributed by atoms with van der Waals surface area (Å²) in [5.74, 6) is 0.426. The highest BCUT2D eigenvalue weighted by atomic mass is 19.1. The number of hydrogen-bond donors (Lipinski definition) is 0. The Morgan fingerprint density at radius 3 is 2.63 bits per heavy atom. The monoisotopic (exact) mass is 481 g/mol. The third-order valence-corrected chi connectivity index (χ3v) is 7.41. The fourth-order valence-corrected chi connectivity index (χ4v) is 5.52. The van der Waals surface area contributed by atoms with Gasteiger partial charge in [0.05, 0.1) is 6.54 Å². The maximum absolute atomic E-state index is 14.5. The summed E-state index contributed by atoms with van der Waals surface area (Å²) >= 11 is 0. The van der Waals surface area contributed by atoms with Crippen molar-refractivity contribution in [2.75, 3.05) is 39.8 Å². The Bertz CT molecular complexity index is 1050. The van der Waals surface area contributed by atoms with Crippen molar-refractivity contribution in [1.82, 2.24) is 14.7 Å². The number of carbonyl (C=O) groups is 2. The summed E-state index contributed by atoms with van der Waals surface area (Å²) in [4.78, 5) is 31.6. The van der Waals surface area contributed by atoms with Gasteiger partial charge in [-0.1, -0.05) is 24.3 Å². The smallest absolute Gasteiger partial charge is 0.253 e. The molecular formula is C28H36FN3O3. The third kappa shape index (κ3) is 6.01. The lowest BCUT2D eigenvalue weighted by molar-refractivity contribution is -0.129. The Morgan fingerprint density at radius 2 is 1.83 bits per heavy atom. The Kier molecular flexibility index (Phi) is 8.06. The molecule has 188 valence electrons. The molecule has 0 unspecified atom stereocenters. The van der Waals surface area contributed by atoms with E-state index >= 15 is 0 Å². The minimum absolute atomic E-state index is 0.0401. The van der Waals surface area contributed by atoms with Crippen LogP contribution in [0.25, 0.3) is 0 Å². The number of likely N-dealkylation sites (N-methyl/N-ethyl adjacent to an activating group) is 1. The van der Waals surface area contributed by atoms with Crippen molar-refractivity contribution in [3.8, 4) is 5.75 Å². The summed E-state index contributed by atoms with van der Waals surface area (Å²) in [6, 6.07) is 14.2. The van der Waals surface area contributed by atoms with Crippen LogP contribution in [-0.4, -0.2) is 71.9 Å². The van der Waals surface area contributed by atoms with Crippen molar-refractivity contribution in [1.29, 1.82) is 0 Å². The van der Waals surface area contributed by atoms with E-state index in [0.29, 0.717) is 49.7 Å². The van der Waals surface area contributed by atoms with Gasteiger partial charge in [-0.3, -0.25) is 14.5 Å². The van der Waals surface area contributed by atoms with Crippen LogP contribution in [0.3, 0.4) is 0 Å². The number of carbonyl (C=O) groups excluding carboxylic acids is 2. The van der Waals surface area contributed by atoms with Crippen molar-refractivity contribution < 1.29 is 18.7 Å². The largest absolute Gasteiger partial charge is 0.492 e. The molecule has 0 aromatic heterocycles. The third-order valence-electron chi connectivity index (χ3n) is 7.41. The molecule has 2 aromatic carbocycles. The van der Waals surface area contributed by atoms with Gasteiger partial charge in [-0.25, -0.2) is 4.39 Å². The number of rotatable bonds is 2. The molecule has 1 fully saturated rings. The molecule has 0 radical (unpaired) electrons. The molecule has 0 aliphatic carbocycles. The maximum Gasteiger partial charge on any atom is 0.253 e. The molecule has 2 aromatic rings. The number of fused-ring (bicyclic) bond motifs is 2. The molecule has 1 atom stereocenters. The predicted octanol–water partition coefficient (Wildman–Crippen LogP) is 4.34. The molecule has 1 saturated heterocycles. The van der Waals surface area contributed by atoms with Gasteiger partial charge in [0.15, 0.2) is 0 Å². The molecule has 0 saturated carbocycles. The first kappa shape index (κ1) is 25.2. The minimum atomic E-state index is -0.234. The average Bonchev–Trinajstić information content (AvgIpc) is 3.22. The van der Waals surface area contributed by atoms with Gasteiger partial charge < -0.3 is 14.5 Å². The number of amides is 2. The van der Waals surface area contributed by atoms with Gasteiger partial charge in [-0.05, 0) is 62.9 Å². The summed E-state index contributed by atoms with van der Waals surface area (Å²) in [6.45, 7) is 5.14. The normalized spacial score (nSPS) is 22.5. The van der Waals surface area contributed by atoms with Crippen molar-refractivity contribution in [2.45, 2.75) is 51.1 Å². The molecule has 2 bridgehead atoms. The number of hydrogen-bond acceptors (Lipinski definition) is 4. The van der Waals surface area contributed by atoms with E-state index in [1.54, 1.807) is 24.0 Å². The second kappa shape index (κ2) is 11.2. The zero-order valence-corrected chi connectivity index (χ0v) is 20.8. The summed E-state index contributed by atoms with van der Waals surface area (Å²) in [6.07, 6.45) is 4.66. The molecule has 2 heterocycles. The van der Waals surface area contributed by atoms with E-state index < -0.39 is 0 Å². The standard InChI is InChI=1S/C28H36FN3O3/c1-22(33)31-15-6-5-13-28(14-8-16-32(28)20-24-9-3-4-12-26(24)29)21-30(2)27(34)23-10-7-11-25(19-23)35-18-17-31/h3-4,7,9-12,19H,5-6,8,13-18,20-21H2,1-2H3/t28-/m1/s1. The highest BCUT2D eigenvalue weighted by molar-refractivity contribution is 5.94. The van der Waals surface area contributed by atoms with Crippen molar-refractivity contribution in [3.05, 3.63) is 65.5 Å². The fraction of sp³-hybridized carbons (Fsp3) is 0.500. The number of ether oxygens (including phenoxy) is 1. The van der Waals surface area contributed by atoms with E-state index in [4.69, 9.17) is 4.74 Å². The van der Waals surface area contributed by atoms with Crippen LogP contribution in [-0.2, 0) is 11.3 Å².